The predicted octanol–water partition coefficient (Wildman–Crippen LogP) is 4.88. The molecule has 5 rings (SSSR count). The van der Waals surface area contributed by atoms with Gasteiger partial charge in [-0.3, -0.25) is 14.8 Å². The molecule has 32 heavy (non-hydrogen) atoms. The van der Waals surface area contributed by atoms with E-state index in [1.54, 1.807) is 18.6 Å². The first-order valence-electron chi connectivity index (χ1n) is 11.2. The first-order valence-corrected chi connectivity index (χ1v) is 11.2. The Labute approximate surface area is 186 Å². The van der Waals surface area contributed by atoms with Crippen molar-refractivity contribution >= 4 is 28.5 Å². The first-order chi connectivity index (χ1) is 15.6. The van der Waals surface area contributed by atoms with Crippen LogP contribution in [0, 0.1) is 5.92 Å². The van der Waals surface area contributed by atoms with Gasteiger partial charge in [0.25, 0.3) is 0 Å². The molecule has 2 aromatic heterocycles. The van der Waals surface area contributed by atoms with Crippen molar-refractivity contribution in [1.29, 1.82) is 0 Å². The number of hydrogen-bond acceptors (Lipinski definition) is 5. The van der Waals surface area contributed by atoms with Crippen LogP contribution in [-0.4, -0.2) is 39.0 Å². The lowest BCUT2D eigenvalue weighted by atomic mass is 9.90. The van der Waals surface area contributed by atoms with Gasteiger partial charge in [-0.25, -0.2) is 4.79 Å². The summed E-state index contributed by atoms with van der Waals surface area (Å²) >= 11 is 0. The maximum atomic E-state index is 13.1. The van der Waals surface area contributed by atoms with Crippen LogP contribution < -0.4 is 10.6 Å². The molecular formula is C25H26N4O3. The summed E-state index contributed by atoms with van der Waals surface area (Å²) in [5.74, 6) is 0.270. The number of hydrogen-bond donors (Lipinski definition) is 3. The minimum atomic E-state index is -0.970. The van der Waals surface area contributed by atoms with Gasteiger partial charge >= 0.3 is 6.09 Å². The number of carbonyl (C=O) groups is 2. The van der Waals surface area contributed by atoms with E-state index in [0.29, 0.717) is 5.56 Å². The Balaban J connectivity index is 1.50. The number of ketones is 1. The maximum absolute atomic E-state index is 13.1. The van der Waals surface area contributed by atoms with Crippen LogP contribution in [-0.2, 0) is 0 Å². The van der Waals surface area contributed by atoms with Crippen molar-refractivity contribution in [3.8, 4) is 11.1 Å². The number of nitrogens with one attached hydrogen (secondary N) is 2. The lowest BCUT2D eigenvalue weighted by Crippen LogP contribution is -2.39. The number of amides is 1. The van der Waals surface area contributed by atoms with Crippen molar-refractivity contribution in [3.63, 3.8) is 0 Å². The van der Waals surface area contributed by atoms with E-state index >= 15 is 0 Å². The number of carboxylic acid groups (broad SMARTS) is 1. The zero-order valence-corrected chi connectivity index (χ0v) is 17.8. The summed E-state index contributed by atoms with van der Waals surface area (Å²) in [4.78, 5) is 32.7. The van der Waals surface area contributed by atoms with E-state index in [0.717, 1.165) is 66.2 Å². The molecule has 0 bridgehead atoms. The third-order valence-corrected chi connectivity index (χ3v) is 6.50. The summed E-state index contributed by atoms with van der Waals surface area (Å²) in [6.45, 7) is 0. The Morgan fingerprint density at radius 1 is 0.906 bits per heavy atom. The second kappa shape index (κ2) is 8.57. The third kappa shape index (κ3) is 4.28. The van der Waals surface area contributed by atoms with Crippen LogP contribution in [0.4, 0.5) is 10.5 Å². The molecule has 0 spiro atoms. The summed E-state index contributed by atoms with van der Waals surface area (Å²) in [6.07, 6.45) is 9.42. The molecule has 1 amide bonds. The normalized spacial score (nSPS) is 20.6. The fourth-order valence-corrected chi connectivity index (χ4v) is 4.59. The van der Waals surface area contributed by atoms with Gasteiger partial charge in [0, 0.05) is 42.0 Å². The Morgan fingerprint density at radius 2 is 1.62 bits per heavy atom. The van der Waals surface area contributed by atoms with Crippen LogP contribution in [0.1, 0.15) is 48.9 Å². The van der Waals surface area contributed by atoms with Gasteiger partial charge in [-0.1, -0.05) is 6.07 Å². The molecule has 3 N–H and O–H groups in total. The molecule has 2 saturated carbocycles. The largest absolute Gasteiger partial charge is 0.465 e. The van der Waals surface area contributed by atoms with Crippen LogP contribution in [0.2, 0.25) is 0 Å². The fraction of sp³-hybridized carbons (Fsp3) is 0.360. The SMILES string of the molecule is O=C(O)N[C@H]1CC[C@H](Nc2c(C(=O)C3CC3)cnc3ccc(-c4ccncc4)cc23)CC1. The van der Waals surface area contributed by atoms with Gasteiger partial charge in [-0.15, -0.1) is 0 Å². The summed E-state index contributed by atoms with van der Waals surface area (Å²) in [7, 11) is 0. The molecule has 0 radical (unpaired) electrons. The predicted molar refractivity (Wildman–Crippen MR) is 123 cm³/mol. The van der Waals surface area contributed by atoms with Crippen molar-refractivity contribution in [1.82, 2.24) is 15.3 Å². The van der Waals surface area contributed by atoms with E-state index in [1.165, 1.54) is 0 Å². The molecule has 2 heterocycles. The maximum Gasteiger partial charge on any atom is 0.404 e. The molecule has 0 atom stereocenters. The molecule has 0 saturated heterocycles. The van der Waals surface area contributed by atoms with Crippen molar-refractivity contribution < 1.29 is 14.7 Å². The fourth-order valence-electron chi connectivity index (χ4n) is 4.59. The molecule has 2 aliphatic carbocycles. The quantitative estimate of drug-likeness (QED) is 0.482. The van der Waals surface area contributed by atoms with Gasteiger partial charge in [0.15, 0.2) is 5.78 Å². The number of Topliss-reactive ketones (excluding diaryl/α,β-unsaturated/α-hetero) is 1. The number of fused-ring (bicyclic) bond motifs is 1. The van der Waals surface area contributed by atoms with E-state index in [-0.39, 0.29) is 23.8 Å². The zero-order valence-electron chi connectivity index (χ0n) is 17.8. The van der Waals surface area contributed by atoms with E-state index in [4.69, 9.17) is 5.11 Å². The van der Waals surface area contributed by atoms with Crippen LogP contribution in [0.3, 0.4) is 0 Å². The number of nitrogens with zero attached hydrogens (tertiary/aromatic N) is 2. The molecule has 3 aromatic rings. The molecule has 1 aromatic carbocycles. The lowest BCUT2D eigenvalue weighted by Gasteiger charge is -2.30. The third-order valence-electron chi connectivity index (χ3n) is 6.50. The molecule has 2 aliphatic rings. The highest BCUT2D eigenvalue weighted by Gasteiger charge is 2.33. The van der Waals surface area contributed by atoms with Crippen LogP contribution >= 0.6 is 0 Å². The molecule has 0 aliphatic heterocycles. The van der Waals surface area contributed by atoms with Crippen molar-refractivity contribution in [3.05, 3.63) is 54.5 Å². The number of pyridine rings is 2. The number of benzene rings is 1. The lowest BCUT2D eigenvalue weighted by molar-refractivity contribution is 0.0968. The Bertz CT molecular complexity index is 1150. The average Bonchev–Trinajstić information content (AvgIpc) is 3.66. The highest BCUT2D eigenvalue weighted by molar-refractivity contribution is 6.10. The monoisotopic (exact) mass is 430 g/mol. The standard InChI is InChI=1S/C25H26N4O3/c30-24(16-1-2-16)21-14-27-22-8-3-17(15-9-11-26-12-10-15)13-20(22)23(21)28-18-4-6-19(7-5-18)29-25(31)32/h3,8-14,16,18-19,29H,1-2,4-7H2,(H,27,28)(H,31,32)/t18-,19-. The molecule has 0 unspecified atom stereocenters. The Kier molecular flexibility index (Phi) is 5.47. The van der Waals surface area contributed by atoms with E-state index < -0.39 is 6.09 Å². The van der Waals surface area contributed by atoms with E-state index in [2.05, 4.69) is 26.7 Å². The van der Waals surface area contributed by atoms with Gasteiger partial charge < -0.3 is 15.7 Å². The summed E-state index contributed by atoms with van der Waals surface area (Å²) in [6, 6.07) is 10.2. The minimum Gasteiger partial charge on any atom is -0.465 e. The average molecular weight is 431 g/mol. The number of rotatable bonds is 6. The highest BCUT2D eigenvalue weighted by atomic mass is 16.4. The number of carbonyl (C=O) groups excluding carboxylic acids is 1. The van der Waals surface area contributed by atoms with Gasteiger partial charge in [-0.05, 0) is 73.9 Å². The van der Waals surface area contributed by atoms with Crippen LogP contribution in [0.5, 0.6) is 0 Å². The molecule has 7 nitrogen and oxygen atoms in total. The van der Waals surface area contributed by atoms with E-state index in [1.807, 2.05) is 24.3 Å². The van der Waals surface area contributed by atoms with Gasteiger partial charge in [-0.2, -0.15) is 0 Å². The second-order valence-corrected chi connectivity index (χ2v) is 8.80. The second-order valence-electron chi connectivity index (χ2n) is 8.80. The number of aromatic nitrogens is 2. The van der Waals surface area contributed by atoms with E-state index in [9.17, 15) is 9.59 Å². The van der Waals surface area contributed by atoms with Gasteiger partial charge in [0.1, 0.15) is 0 Å². The van der Waals surface area contributed by atoms with Gasteiger partial charge in [0.2, 0.25) is 0 Å². The van der Waals surface area contributed by atoms with Crippen LogP contribution in [0.25, 0.3) is 22.0 Å². The summed E-state index contributed by atoms with van der Waals surface area (Å²) in [5.41, 5.74) is 4.48. The summed E-state index contributed by atoms with van der Waals surface area (Å²) < 4.78 is 0. The molecule has 2 fully saturated rings. The topological polar surface area (TPSA) is 104 Å². The molecular weight excluding hydrogens is 404 g/mol. The first kappa shape index (κ1) is 20.4. The Morgan fingerprint density at radius 3 is 2.31 bits per heavy atom. The zero-order chi connectivity index (χ0) is 22.1. The summed E-state index contributed by atoms with van der Waals surface area (Å²) in [5, 5.41) is 16.2. The van der Waals surface area contributed by atoms with Crippen molar-refractivity contribution in [2.75, 3.05) is 5.32 Å². The van der Waals surface area contributed by atoms with Crippen molar-refractivity contribution in [2.45, 2.75) is 50.6 Å². The molecule has 164 valence electrons. The number of anilines is 1. The van der Waals surface area contributed by atoms with Gasteiger partial charge in [0.05, 0.1) is 16.8 Å². The minimum absolute atomic E-state index is 0.00871. The van der Waals surface area contributed by atoms with Crippen LogP contribution in [0.15, 0.2) is 48.9 Å². The Hall–Kier alpha value is -3.48. The highest BCUT2D eigenvalue weighted by Crippen LogP contribution is 2.38. The smallest absolute Gasteiger partial charge is 0.404 e. The molecule has 7 heteroatoms. The van der Waals surface area contributed by atoms with Crippen molar-refractivity contribution in [2.24, 2.45) is 5.92 Å².